The third-order valence-electron chi connectivity index (χ3n) is 3.79. The second kappa shape index (κ2) is 6.91. The van der Waals surface area contributed by atoms with Gasteiger partial charge in [0, 0.05) is 30.8 Å². The van der Waals surface area contributed by atoms with Crippen LogP contribution in [0.5, 0.6) is 0 Å². The quantitative estimate of drug-likeness (QED) is 0.791. The zero-order valence-corrected chi connectivity index (χ0v) is 13.7. The van der Waals surface area contributed by atoms with Gasteiger partial charge in [0.25, 0.3) is 0 Å². The van der Waals surface area contributed by atoms with E-state index < -0.39 is 5.97 Å². The van der Waals surface area contributed by atoms with E-state index in [1.807, 2.05) is 42.2 Å². The fourth-order valence-electron chi connectivity index (χ4n) is 2.65. The molecule has 0 spiro atoms. The SMILES string of the molecule is Cc1nc(C(=O)OC[C@H]2CC(=O)N(Cc3ccccc3)C2)cs1. The van der Waals surface area contributed by atoms with Crippen LogP contribution in [0.15, 0.2) is 35.7 Å². The van der Waals surface area contributed by atoms with Crippen molar-refractivity contribution in [1.82, 2.24) is 9.88 Å². The second-order valence-electron chi connectivity index (χ2n) is 5.68. The van der Waals surface area contributed by atoms with Crippen molar-refractivity contribution in [3.63, 3.8) is 0 Å². The van der Waals surface area contributed by atoms with Gasteiger partial charge in [-0.15, -0.1) is 11.3 Å². The molecule has 2 aromatic rings. The van der Waals surface area contributed by atoms with Crippen LogP contribution in [0.4, 0.5) is 0 Å². The highest BCUT2D eigenvalue weighted by Gasteiger charge is 2.30. The lowest BCUT2D eigenvalue weighted by atomic mass is 10.1. The molecule has 1 amide bonds. The van der Waals surface area contributed by atoms with Crippen LogP contribution in [0, 0.1) is 12.8 Å². The van der Waals surface area contributed by atoms with Gasteiger partial charge >= 0.3 is 5.97 Å². The molecule has 0 aliphatic carbocycles. The molecule has 0 unspecified atom stereocenters. The van der Waals surface area contributed by atoms with Gasteiger partial charge in [0.1, 0.15) is 0 Å². The van der Waals surface area contributed by atoms with Crippen molar-refractivity contribution in [2.75, 3.05) is 13.2 Å². The number of likely N-dealkylation sites (tertiary alicyclic amines) is 1. The summed E-state index contributed by atoms with van der Waals surface area (Å²) in [4.78, 5) is 29.9. The molecule has 1 atom stereocenters. The van der Waals surface area contributed by atoms with Gasteiger partial charge in [0.05, 0.1) is 11.6 Å². The van der Waals surface area contributed by atoms with Crippen LogP contribution in [0.25, 0.3) is 0 Å². The van der Waals surface area contributed by atoms with Crippen molar-refractivity contribution in [2.24, 2.45) is 5.92 Å². The van der Waals surface area contributed by atoms with Crippen LogP contribution in [0.3, 0.4) is 0 Å². The van der Waals surface area contributed by atoms with Crippen LogP contribution in [0.1, 0.15) is 27.5 Å². The largest absolute Gasteiger partial charge is 0.461 e. The molecule has 1 fully saturated rings. The molecule has 2 heterocycles. The summed E-state index contributed by atoms with van der Waals surface area (Å²) < 4.78 is 5.30. The van der Waals surface area contributed by atoms with E-state index in [2.05, 4.69) is 4.98 Å². The van der Waals surface area contributed by atoms with E-state index in [1.165, 1.54) is 11.3 Å². The minimum atomic E-state index is -0.414. The number of hydrogen-bond acceptors (Lipinski definition) is 5. The van der Waals surface area contributed by atoms with Crippen molar-refractivity contribution in [3.8, 4) is 0 Å². The Morgan fingerprint density at radius 1 is 1.39 bits per heavy atom. The lowest BCUT2D eigenvalue weighted by Crippen LogP contribution is -2.25. The Balaban J connectivity index is 1.50. The number of aryl methyl sites for hydroxylation is 1. The van der Waals surface area contributed by atoms with Gasteiger partial charge in [0.15, 0.2) is 5.69 Å². The highest BCUT2D eigenvalue weighted by Crippen LogP contribution is 2.21. The van der Waals surface area contributed by atoms with E-state index in [-0.39, 0.29) is 18.4 Å². The van der Waals surface area contributed by atoms with Crippen LogP contribution < -0.4 is 0 Å². The lowest BCUT2D eigenvalue weighted by Gasteiger charge is -2.16. The maximum absolute atomic E-state index is 12.1. The summed E-state index contributed by atoms with van der Waals surface area (Å²) in [5, 5.41) is 2.53. The van der Waals surface area contributed by atoms with Crippen molar-refractivity contribution >= 4 is 23.2 Å². The zero-order chi connectivity index (χ0) is 16.2. The summed E-state index contributed by atoms with van der Waals surface area (Å²) in [6.45, 7) is 3.33. The first-order chi connectivity index (χ1) is 11.1. The normalized spacial score (nSPS) is 17.5. The number of rotatable bonds is 5. The molecule has 0 saturated carbocycles. The lowest BCUT2D eigenvalue weighted by molar-refractivity contribution is -0.128. The van der Waals surface area contributed by atoms with Crippen molar-refractivity contribution in [2.45, 2.75) is 19.9 Å². The zero-order valence-electron chi connectivity index (χ0n) is 12.9. The Hall–Kier alpha value is -2.21. The molecule has 0 radical (unpaired) electrons. The molecule has 0 N–H and O–H groups in total. The van der Waals surface area contributed by atoms with Crippen LogP contribution in [-0.2, 0) is 16.1 Å². The predicted molar refractivity (Wildman–Crippen MR) is 87.1 cm³/mol. The smallest absolute Gasteiger partial charge is 0.357 e. The molecule has 1 aromatic heterocycles. The summed E-state index contributed by atoms with van der Waals surface area (Å²) in [6, 6.07) is 9.89. The van der Waals surface area contributed by atoms with E-state index in [0.717, 1.165) is 10.6 Å². The Labute approximate surface area is 138 Å². The fraction of sp³-hybridized carbons (Fsp3) is 0.353. The predicted octanol–water partition coefficient (Wildman–Crippen LogP) is 2.66. The summed E-state index contributed by atoms with van der Waals surface area (Å²) >= 11 is 1.42. The molecule has 1 saturated heterocycles. The topological polar surface area (TPSA) is 59.5 Å². The maximum Gasteiger partial charge on any atom is 0.357 e. The Morgan fingerprint density at radius 3 is 2.87 bits per heavy atom. The van der Waals surface area contributed by atoms with Gasteiger partial charge in [0.2, 0.25) is 5.91 Å². The first-order valence-corrected chi connectivity index (χ1v) is 8.41. The van der Waals surface area contributed by atoms with Gasteiger partial charge in [-0.25, -0.2) is 9.78 Å². The minimum absolute atomic E-state index is 0.0508. The van der Waals surface area contributed by atoms with Gasteiger partial charge < -0.3 is 9.64 Å². The van der Waals surface area contributed by atoms with Gasteiger partial charge in [-0.05, 0) is 12.5 Å². The number of benzene rings is 1. The summed E-state index contributed by atoms with van der Waals surface area (Å²) in [5.41, 5.74) is 1.45. The minimum Gasteiger partial charge on any atom is -0.461 e. The molecule has 1 aliphatic heterocycles. The fourth-order valence-corrected chi connectivity index (χ4v) is 3.23. The number of carbonyl (C=O) groups excluding carboxylic acids is 2. The number of esters is 1. The van der Waals surface area contributed by atoms with E-state index in [1.54, 1.807) is 5.38 Å². The maximum atomic E-state index is 12.1. The van der Waals surface area contributed by atoms with Crippen LogP contribution >= 0.6 is 11.3 Å². The van der Waals surface area contributed by atoms with Crippen molar-refractivity contribution < 1.29 is 14.3 Å². The van der Waals surface area contributed by atoms with Crippen LogP contribution in [0.2, 0.25) is 0 Å². The van der Waals surface area contributed by atoms with E-state index >= 15 is 0 Å². The first-order valence-electron chi connectivity index (χ1n) is 7.53. The molecule has 1 aliphatic rings. The van der Waals surface area contributed by atoms with E-state index in [0.29, 0.717) is 25.2 Å². The Bertz CT molecular complexity index is 699. The molecule has 1 aromatic carbocycles. The number of thiazole rings is 1. The Kier molecular flexibility index (Phi) is 4.71. The number of amides is 1. The van der Waals surface area contributed by atoms with Crippen molar-refractivity contribution in [3.05, 3.63) is 52.0 Å². The summed E-state index contributed by atoms with van der Waals surface area (Å²) in [7, 11) is 0. The molecule has 0 bridgehead atoms. The number of ether oxygens (including phenoxy) is 1. The van der Waals surface area contributed by atoms with E-state index in [9.17, 15) is 9.59 Å². The van der Waals surface area contributed by atoms with E-state index in [4.69, 9.17) is 4.74 Å². The average molecular weight is 330 g/mol. The molecular formula is C17H18N2O3S. The average Bonchev–Trinajstić information content (AvgIpc) is 3.13. The molecule has 6 heteroatoms. The molecule has 5 nitrogen and oxygen atoms in total. The Morgan fingerprint density at radius 2 is 2.17 bits per heavy atom. The third-order valence-corrected chi connectivity index (χ3v) is 4.56. The van der Waals surface area contributed by atoms with Gasteiger partial charge in [-0.2, -0.15) is 0 Å². The number of aromatic nitrogens is 1. The number of hydrogen-bond donors (Lipinski definition) is 0. The van der Waals surface area contributed by atoms with Gasteiger partial charge in [-0.1, -0.05) is 30.3 Å². The summed E-state index contributed by atoms with van der Waals surface area (Å²) in [6.07, 6.45) is 0.427. The first kappa shape index (κ1) is 15.7. The molecule has 23 heavy (non-hydrogen) atoms. The summed E-state index contributed by atoms with van der Waals surface area (Å²) in [5.74, 6) is -0.252. The highest BCUT2D eigenvalue weighted by atomic mass is 32.1. The standard InChI is InChI=1S/C17H18N2O3S/c1-12-18-15(11-23-12)17(21)22-10-14-7-16(20)19(9-14)8-13-5-3-2-4-6-13/h2-6,11,14H,7-10H2,1H3/t14-/m0/s1. The highest BCUT2D eigenvalue weighted by molar-refractivity contribution is 7.09. The van der Waals surface area contributed by atoms with Crippen molar-refractivity contribution in [1.29, 1.82) is 0 Å². The number of carbonyl (C=O) groups is 2. The van der Waals surface area contributed by atoms with Crippen LogP contribution in [-0.4, -0.2) is 34.9 Å². The second-order valence-corrected chi connectivity index (χ2v) is 6.74. The third kappa shape index (κ3) is 3.96. The molecule has 120 valence electrons. The molecular weight excluding hydrogens is 312 g/mol. The molecule has 3 rings (SSSR count). The van der Waals surface area contributed by atoms with Gasteiger partial charge in [-0.3, -0.25) is 4.79 Å². The number of nitrogens with zero attached hydrogens (tertiary/aromatic N) is 2. The monoisotopic (exact) mass is 330 g/mol.